The molecule has 0 heterocycles. The molecule has 0 aromatic heterocycles. The van der Waals surface area contributed by atoms with Gasteiger partial charge in [0.05, 0.1) is 18.8 Å². The SMILES string of the molecule is CCOC(=O)CCc1cccc(C(=O)OCC)c1C=O. The van der Waals surface area contributed by atoms with E-state index in [0.717, 1.165) is 0 Å². The van der Waals surface area contributed by atoms with Crippen LogP contribution in [0.2, 0.25) is 0 Å². The van der Waals surface area contributed by atoms with E-state index in [-0.39, 0.29) is 30.1 Å². The molecule has 0 N–H and O–H groups in total. The van der Waals surface area contributed by atoms with Gasteiger partial charge in [-0.1, -0.05) is 12.1 Å². The van der Waals surface area contributed by atoms with Crippen molar-refractivity contribution in [2.75, 3.05) is 13.2 Å². The summed E-state index contributed by atoms with van der Waals surface area (Å²) in [5.74, 6) is -0.863. The topological polar surface area (TPSA) is 69.7 Å². The molecule has 0 aliphatic rings. The summed E-state index contributed by atoms with van der Waals surface area (Å²) >= 11 is 0. The standard InChI is InChI=1S/C15H18O5/c1-3-19-14(17)9-8-11-6-5-7-12(13(11)10-16)15(18)20-4-2/h5-7,10H,3-4,8-9H2,1-2H3. The zero-order valence-electron chi connectivity index (χ0n) is 11.7. The maximum absolute atomic E-state index is 11.7. The Morgan fingerprint density at radius 2 is 1.85 bits per heavy atom. The van der Waals surface area contributed by atoms with Crippen LogP contribution in [0.1, 0.15) is 46.5 Å². The quantitative estimate of drug-likeness (QED) is 0.564. The fourth-order valence-corrected chi connectivity index (χ4v) is 1.83. The van der Waals surface area contributed by atoms with Gasteiger partial charge in [0.2, 0.25) is 0 Å². The van der Waals surface area contributed by atoms with E-state index in [4.69, 9.17) is 9.47 Å². The van der Waals surface area contributed by atoms with Crippen LogP contribution in [0.4, 0.5) is 0 Å². The highest BCUT2D eigenvalue weighted by molar-refractivity contribution is 5.99. The van der Waals surface area contributed by atoms with Crippen molar-refractivity contribution < 1.29 is 23.9 Å². The molecule has 108 valence electrons. The predicted molar refractivity (Wildman–Crippen MR) is 72.7 cm³/mol. The minimum Gasteiger partial charge on any atom is -0.466 e. The first kappa shape index (κ1) is 15.9. The molecular formula is C15H18O5. The Hall–Kier alpha value is -2.17. The molecule has 5 heteroatoms. The summed E-state index contributed by atoms with van der Waals surface area (Å²) < 4.78 is 9.73. The second-order valence-electron chi connectivity index (χ2n) is 4.02. The molecule has 0 bridgehead atoms. The van der Waals surface area contributed by atoms with Crippen LogP contribution in [-0.2, 0) is 20.7 Å². The number of carbonyl (C=O) groups excluding carboxylic acids is 3. The van der Waals surface area contributed by atoms with Crippen LogP contribution >= 0.6 is 0 Å². The average molecular weight is 278 g/mol. The largest absolute Gasteiger partial charge is 0.466 e. The molecule has 1 rings (SSSR count). The number of rotatable bonds is 7. The maximum Gasteiger partial charge on any atom is 0.338 e. The van der Waals surface area contributed by atoms with Crippen LogP contribution in [0.5, 0.6) is 0 Å². The lowest BCUT2D eigenvalue weighted by molar-refractivity contribution is -0.143. The minimum absolute atomic E-state index is 0.168. The van der Waals surface area contributed by atoms with Gasteiger partial charge in [-0.3, -0.25) is 9.59 Å². The number of ether oxygens (including phenoxy) is 2. The van der Waals surface area contributed by atoms with Gasteiger partial charge in [0.1, 0.15) is 0 Å². The smallest absolute Gasteiger partial charge is 0.338 e. The fourth-order valence-electron chi connectivity index (χ4n) is 1.83. The van der Waals surface area contributed by atoms with E-state index < -0.39 is 5.97 Å². The monoisotopic (exact) mass is 278 g/mol. The van der Waals surface area contributed by atoms with Crippen LogP contribution in [0, 0.1) is 0 Å². The van der Waals surface area contributed by atoms with Gasteiger partial charge in [0, 0.05) is 12.0 Å². The molecule has 0 aliphatic carbocycles. The van der Waals surface area contributed by atoms with E-state index in [0.29, 0.717) is 24.9 Å². The van der Waals surface area contributed by atoms with Gasteiger partial charge in [-0.15, -0.1) is 0 Å². The molecule has 0 spiro atoms. The molecular weight excluding hydrogens is 260 g/mol. The Morgan fingerprint density at radius 3 is 2.45 bits per heavy atom. The molecule has 1 aromatic rings. The molecule has 0 unspecified atom stereocenters. The first-order chi connectivity index (χ1) is 9.63. The molecule has 0 saturated carbocycles. The highest BCUT2D eigenvalue weighted by Gasteiger charge is 2.16. The van der Waals surface area contributed by atoms with Gasteiger partial charge in [-0.05, 0) is 31.9 Å². The van der Waals surface area contributed by atoms with Crippen LogP contribution in [-0.4, -0.2) is 31.4 Å². The lowest BCUT2D eigenvalue weighted by Gasteiger charge is -2.09. The number of hydrogen-bond donors (Lipinski definition) is 0. The average Bonchev–Trinajstić information content (AvgIpc) is 2.45. The molecule has 20 heavy (non-hydrogen) atoms. The van der Waals surface area contributed by atoms with Crippen molar-refractivity contribution in [3.63, 3.8) is 0 Å². The van der Waals surface area contributed by atoms with Gasteiger partial charge in [0.15, 0.2) is 6.29 Å². The maximum atomic E-state index is 11.7. The molecule has 0 saturated heterocycles. The van der Waals surface area contributed by atoms with Gasteiger partial charge in [-0.2, -0.15) is 0 Å². The normalized spacial score (nSPS) is 9.90. The van der Waals surface area contributed by atoms with Crippen LogP contribution in [0.25, 0.3) is 0 Å². The number of esters is 2. The second kappa shape index (κ2) is 8.09. The van der Waals surface area contributed by atoms with Crippen molar-refractivity contribution in [2.24, 2.45) is 0 Å². The molecule has 0 atom stereocenters. The summed E-state index contributed by atoms with van der Waals surface area (Å²) in [5, 5.41) is 0. The first-order valence-corrected chi connectivity index (χ1v) is 6.53. The lowest BCUT2D eigenvalue weighted by atomic mass is 9.98. The van der Waals surface area contributed by atoms with Crippen LogP contribution in [0.3, 0.4) is 0 Å². The molecule has 0 aliphatic heterocycles. The van der Waals surface area contributed by atoms with E-state index in [9.17, 15) is 14.4 Å². The number of carbonyl (C=O) groups is 3. The van der Waals surface area contributed by atoms with Gasteiger partial charge in [0.25, 0.3) is 0 Å². The summed E-state index contributed by atoms with van der Waals surface area (Å²) in [7, 11) is 0. The van der Waals surface area contributed by atoms with Crippen LogP contribution in [0.15, 0.2) is 18.2 Å². The van der Waals surface area contributed by atoms with Crippen molar-refractivity contribution in [3.05, 3.63) is 34.9 Å². The van der Waals surface area contributed by atoms with E-state index in [1.54, 1.807) is 26.0 Å². The second-order valence-corrected chi connectivity index (χ2v) is 4.02. The van der Waals surface area contributed by atoms with Crippen molar-refractivity contribution >= 4 is 18.2 Å². The Morgan fingerprint density at radius 1 is 1.15 bits per heavy atom. The van der Waals surface area contributed by atoms with E-state index >= 15 is 0 Å². The van der Waals surface area contributed by atoms with Gasteiger partial charge < -0.3 is 9.47 Å². The van der Waals surface area contributed by atoms with Crippen molar-refractivity contribution in [1.29, 1.82) is 0 Å². The Labute approximate surface area is 117 Å². The highest BCUT2D eigenvalue weighted by Crippen LogP contribution is 2.16. The summed E-state index contributed by atoms with van der Waals surface area (Å²) in [6.45, 7) is 3.99. The van der Waals surface area contributed by atoms with Crippen molar-refractivity contribution in [3.8, 4) is 0 Å². The molecule has 5 nitrogen and oxygen atoms in total. The summed E-state index contributed by atoms with van der Waals surface area (Å²) in [6, 6.07) is 4.92. The number of aldehydes is 1. The highest BCUT2D eigenvalue weighted by atomic mass is 16.5. The Bertz CT molecular complexity index is 493. The van der Waals surface area contributed by atoms with Gasteiger partial charge >= 0.3 is 11.9 Å². The third kappa shape index (κ3) is 4.19. The van der Waals surface area contributed by atoms with Crippen molar-refractivity contribution in [1.82, 2.24) is 0 Å². The summed E-state index contributed by atoms with van der Waals surface area (Å²) in [5.41, 5.74) is 1.14. The first-order valence-electron chi connectivity index (χ1n) is 6.53. The predicted octanol–water partition coefficient (Wildman–Crippen LogP) is 2.17. The molecule has 1 aromatic carbocycles. The molecule has 0 fully saturated rings. The third-order valence-electron chi connectivity index (χ3n) is 2.71. The zero-order chi connectivity index (χ0) is 15.0. The minimum atomic E-state index is -0.535. The van der Waals surface area contributed by atoms with Crippen molar-refractivity contribution in [2.45, 2.75) is 26.7 Å². The number of aryl methyl sites for hydroxylation is 1. The summed E-state index contributed by atoms with van der Waals surface area (Å²) in [4.78, 5) is 34.3. The van der Waals surface area contributed by atoms with E-state index in [1.807, 2.05) is 0 Å². The Balaban J connectivity index is 2.91. The fraction of sp³-hybridized carbons (Fsp3) is 0.400. The van der Waals surface area contributed by atoms with Crippen LogP contribution < -0.4 is 0 Å². The van der Waals surface area contributed by atoms with E-state index in [2.05, 4.69) is 0 Å². The van der Waals surface area contributed by atoms with Gasteiger partial charge in [-0.25, -0.2) is 4.79 Å². The number of benzene rings is 1. The lowest BCUT2D eigenvalue weighted by Crippen LogP contribution is -2.11. The van der Waals surface area contributed by atoms with E-state index in [1.165, 1.54) is 6.07 Å². The molecule has 0 amide bonds. The number of hydrogen-bond acceptors (Lipinski definition) is 5. The summed E-state index contributed by atoms with van der Waals surface area (Å²) in [6.07, 6.45) is 1.13. The Kier molecular flexibility index (Phi) is 6.43. The third-order valence-corrected chi connectivity index (χ3v) is 2.71. The molecule has 0 radical (unpaired) electrons. The zero-order valence-corrected chi connectivity index (χ0v) is 11.7.